The second kappa shape index (κ2) is 6.21. The maximum atomic E-state index is 5.74. The highest BCUT2D eigenvalue weighted by Crippen LogP contribution is 2.06. The van der Waals surface area contributed by atoms with Gasteiger partial charge in [0.2, 0.25) is 0 Å². The fraction of sp³-hybridized carbons (Fsp3) is 0.800. The summed E-state index contributed by atoms with van der Waals surface area (Å²) >= 11 is 0. The summed E-state index contributed by atoms with van der Waals surface area (Å²) in [6.45, 7) is 11.9. The lowest BCUT2D eigenvalue weighted by Gasteiger charge is -2.16. The van der Waals surface area contributed by atoms with Crippen LogP contribution in [0.25, 0.3) is 0 Å². The van der Waals surface area contributed by atoms with Crippen LogP contribution in [-0.2, 0) is 0 Å². The molecule has 0 aliphatic carbocycles. The van der Waals surface area contributed by atoms with Gasteiger partial charge in [-0.15, -0.1) is 0 Å². The van der Waals surface area contributed by atoms with Crippen LogP contribution in [0.15, 0.2) is 11.6 Å². The van der Waals surface area contributed by atoms with Crippen LogP contribution < -0.4 is 11.5 Å². The molecule has 0 saturated heterocycles. The second-order valence-corrected chi connectivity index (χ2v) is 3.50. The molecular weight excluding hydrogens is 148 g/mol. The standard InChI is InChI=1S/C8H18N2.C2H6/c1-6(7(2)9)5-8(3,4)10;1-2/h5,7H,9-10H2,1-4H3;1-2H3. The molecule has 12 heavy (non-hydrogen) atoms. The maximum Gasteiger partial charge on any atom is 0.0284 e. The van der Waals surface area contributed by atoms with Crippen molar-refractivity contribution < 1.29 is 0 Å². The van der Waals surface area contributed by atoms with Gasteiger partial charge in [0.15, 0.2) is 0 Å². The molecule has 0 rings (SSSR count). The highest BCUT2D eigenvalue weighted by atomic mass is 14.7. The zero-order valence-electron chi connectivity index (χ0n) is 9.31. The van der Waals surface area contributed by atoms with Gasteiger partial charge in [0.1, 0.15) is 0 Å². The molecule has 0 radical (unpaired) electrons. The molecule has 2 heteroatoms. The summed E-state index contributed by atoms with van der Waals surface area (Å²) in [5.74, 6) is 0. The summed E-state index contributed by atoms with van der Waals surface area (Å²) in [4.78, 5) is 0. The van der Waals surface area contributed by atoms with Gasteiger partial charge < -0.3 is 11.5 Å². The molecule has 1 atom stereocenters. The zero-order chi connectivity index (χ0) is 10.4. The Bertz CT molecular complexity index is 129. The third-order valence-corrected chi connectivity index (χ3v) is 1.32. The van der Waals surface area contributed by atoms with Crippen molar-refractivity contribution in [3.63, 3.8) is 0 Å². The Kier molecular flexibility index (Phi) is 7.34. The molecule has 0 aliphatic heterocycles. The summed E-state index contributed by atoms with van der Waals surface area (Å²) < 4.78 is 0. The summed E-state index contributed by atoms with van der Waals surface area (Å²) in [6, 6.07) is 0.114. The van der Waals surface area contributed by atoms with E-state index in [1.807, 2.05) is 47.6 Å². The van der Waals surface area contributed by atoms with Crippen LogP contribution >= 0.6 is 0 Å². The van der Waals surface area contributed by atoms with Gasteiger partial charge in [0, 0.05) is 11.6 Å². The summed E-state index contributed by atoms with van der Waals surface area (Å²) in [5, 5.41) is 0. The van der Waals surface area contributed by atoms with Crippen molar-refractivity contribution in [3.8, 4) is 0 Å². The van der Waals surface area contributed by atoms with E-state index in [1.54, 1.807) is 0 Å². The molecule has 0 aromatic carbocycles. The van der Waals surface area contributed by atoms with Gasteiger partial charge in [-0.2, -0.15) is 0 Å². The van der Waals surface area contributed by atoms with E-state index in [4.69, 9.17) is 11.5 Å². The Labute approximate surface area is 77.0 Å². The Morgan fingerprint density at radius 2 is 1.67 bits per heavy atom. The number of rotatable bonds is 2. The average molecular weight is 172 g/mol. The van der Waals surface area contributed by atoms with Crippen molar-refractivity contribution in [1.82, 2.24) is 0 Å². The van der Waals surface area contributed by atoms with Crippen molar-refractivity contribution in [1.29, 1.82) is 0 Å². The lowest BCUT2D eigenvalue weighted by molar-refractivity contribution is 0.640. The van der Waals surface area contributed by atoms with Crippen LogP contribution in [0.3, 0.4) is 0 Å². The largest absolute Gasteiger partial charge is 0.324 e. The van der Waals surface area contributed by atoms with E-state index < -0.39 is 0 Å². The first-order valence-corrected chi connectivity index (χ1v) is 4.57. The molecule has 0 aliphatic rings. The van der Waals surface area contributed by atoms with Gasteiger partial charge in [-0.05, 0) is 27.7 Å². The zero-order valence-corrected chi connectivity index (χ0v) is 9.31. The van der Waals surface area contributed by atoms with E-state index >= 15 is 0 Å². The van der Waals surface area contributed by atoms with Gasteiger partial charge in [-0.3, -0.25) is 0 Å². The summed E-state index contributed by atoms with van der Waals surface area (Å²) in [6.07, 6.45) is 2.00. The lowest BCUT2D eigenvalue weighted by Crippen LogP contribution is -2.31. The Morgan fingerprint density at radius 3 is 1.75 bits per heavy atom. The molecule has 0 aromatic heterocycles. The molecule has 4 N–H and O–H groups in total. The second-order valence-electron chi connectivity index (χ2n) is 3.50. The first kappa shape index (κ1) is 14.2. The smallest absolute Gasteiger partial charge is 0.0284 e. The van der Waals surface area contributed by atoms with Crippen LogP contribution in [0, 0.1) is 0 Å². The third-order valence-electron chi connectivity index (χ3n) is 1.32. The lowest BCUT2D eigenvalue weighted by atomic mass is 10.0. The minimum absolute atomic E-state index is 0.114. The molecule has 0 spiro atoms. The van der Waals surface area contributed by atoms with Gasteiger partial charge in [-0.25, -0.2) is 0 Å². The van der Waals surface area contributed by atoms with E-state index in [2.05, 4.69) is 0 Å². The van der Waals surface area contributed by atoms with E-state index in [-0.39, 0.29) is 11.6 Å². The van der Waals surface area contributed by atoms with Crippen LogP contribution in [0.4, 0.5) is 0 Å². The summed E-state index contributed by atoms with van der Waals surface area (Å²) in [5.41, 5.74) is 12.3. The van der Waals surface area contributed by atoms with Crippen molar-refractivity contribution in [2.75, 3.05) is 0 Å². The minimum atomic E-state index is -0.238. The highest BCUT2D eigenvalue weighted by Gasteiger charge is 2.07. The van der Waals surface area contributed by atoms with Crippen molar-refractivity contribution in [3.05, 3.63) is 11.6 Å². The Hall–Kier alpha value is -0.340. The monoisotopic (exact) mass is 172 g/mol. The molecule has 0 aromatic rings. The molecule has 0 saturated carbocycles. The first-order chi connectivity index (χ1) is 5.33. The quantitative estimate of drug-likeness (QED) is 0.626. The molecule has 0 heterocycles. The van der Waals surface area contributed by atoms with E-state index in [0.29, 0.717) is 0 Å². The van der Waals surface area contributed by atoms with Crippen LogP contribution in [0.2, 0.25) is 0 Å². The molecule has 0 fully saturated rings. The van der Waals surface area contributed by atoms with E-state index in [1.165, 1.54) is 0 Å². The normalized spacial score (nSPS) is 14.8. The van der Waals surface area contributed by atoms with Gasteiger partial charge in [0.05, 0.1) is 0 Å². The predicted octanol–water partition coefficient (Wildman–Crippen LogP) is 2.04. The molecule has 1 unspecified atom stereocenters. The maximum absolute atomic E-state index is 5.74. The van der Waals surface area contributed by atoms with Crippen LogP contribution in [-0.4, -0.2) is 11.6 Å². The number of nitrogens with two attached hydrogens (primary N) is 2. The Morgan fingerprint density at radius 1 is 1.33 bits per heavy atom. The predicted molar refractivity (Wildman–Crippen MR) is 57.0 cm³/mol. The van der Waals surface area contributed by atoms with Gasteiger partial charge in [-0.1, -0.05) is 25.5 Å². The van der Waals surface area contributed by atoms with Gasteiger partial charge in [0.25, 0.3) is 0 Å². The SMILES string of the molecule is CC.CC(=CC(C)(C)N)C(C)N. The first-order valence-electron chi connectivity index (χ1n) is 4.57. The topological polar surface area (TPSA) is 52.0 Å². The van der Waals surface area contributed by atoms with E-state index in [0.717, 1.165) is 5.57 Å². The fourth-order valence-corrected chi connectivity index (χ4v) is 0.718. The van der Waals surface area contributed by atoms with Gasteiger partial charge >= 0.3 is 0 Å². The number of hydrogen-bond acceptors (Lipinski definition) is 2. The summed E-state index contributed by atoms with van der Waals surface area (Å²) in [7, 11) is 0. The fourth-order valence-electron chi connectivity index (χ4n) is 0.718. The molecule has 74 valence electrons. The highest BCUT2D eigenvalue weighted by molar-refractivity contribution is 5.12. The number of hydrogen-bond donors (Lipinski definition) is 2. The van der Waals surface area contributed by atoms with E-state index in [9.17, 15) is 0 Å². The molecule has 0 bridgehead atoms. The van der Waals surface area contributed by atoms with Crippen molar-refractivity contribution in [2.24, 2.45) is 11.5 Å². The molecular formula is C10H24N2. The van der Waals surface area contributed by atoms with Crippen LogP contribution in [0.5, 0.6) is 0 Å². The minimum Gasteiger partial charge on any atom is -0.324 e. The van der Waals surface area contributed by atoms with Crippen molar-refractivity contribution >= 4 is 0 Å². The molecule has 0 amide bonds. The Balaban J connectivity index is 0. The molecule has 2 nitrogen and oxygen atoms in total. The third kappa shape index (κ3) is 9.66. The van der Waals surface area contributed by atoms with Crippen molar-refractivity contribution in [2.45, 2.75) is 53.1 Å². The average Bonchev–Trinajstić information content (AvgIpc) is 1.88. The van der Waals surface area contributed by atoms with Crippen LogP contribution in [0.1, 0.15) is 41.5 Å².